The van der Waals surface area contributed by atoms with Gasteiger partial charge < -0.3 is 9.30 Å². The summed E-state index contributed by atoms with van der Waals surface area (Å²) in [5.74, 6) is -0.684. The number of Topliss-reactive ketones (excluding diaryl/α,β-unsaturated/α-hetero) is 1. The molecule has 2 aromatic rings. The predicted octanol–water partition coefficient (Wildman–Crippen LogP) is 4.21. The van der Waals surface area contributed by atoms with E-state index in [9.17, 15) is 14.4 Å². The van der Waals surface area contributed by atoms with Gasteiger partial charge in [0.05, 0.1) is 19.9 Å². The quantitative estimate of drug-likeness (QED) is 0.361. The number of pyridine rings is 1. The van der Waals surface area contributed by atoms with E-state index in [-0.39, 0.29) is 23.0 Å². The number of hydrogen-bond donors (Lipinski definition) is 0. The highest BCUT2D eigenvalue weighted by Crippen LogP contribution is 2.06. The Labute approximate surface area is 184 Å². The van der Waals surface area contributed by atoms with Crippen LogP contribution in [-0.2, 0) is 27.3 Å². The SMILES string of the molecule is C/C=C(\N=CC(=O)C(C)CC)C(=O)OC.CCc1ccc(Cn2ccccc2=O)cc1. The Kier molecular flexibility index (Phi) is 11.5. The van der Waals surface area contributed by atoms with Crippen LogP contribution in [0.4, 0.5) is 0 Å². The molecule has 0 saturated carbocycles. The van der Waals surface area contributed by atoms with Crippen molar-refractivity contribution >= 4 is 18.0 Å². The van der Waals surface area contributed by atoms with Crippen LogP contribution in [0.2, 0.25) is 0 Å². The van der Waals surface area contributed by atoms with Crippen LogP contribution in [-0.4, -0.2) is 29.6 Å². The van der Waals surface area contributed by atoms with E-state index in [4.69, 9.17) is 0 Å². The first-order chi connectivity index (χ1) is 14.9. The van der Waals surface area contributed by atoms with Crippen molar-refractivity contribution < 1.29 is 14.3 Å². The van der Waals surface area contributed by atoms with Crippen molar-refractivity contribution in [3.8, 4) is 0 Å². The topological polar surface area (TPSA) is 77.7 Å². The monoisotopic (exact) mass is 424 g/mol. The average molecular weight is 425 g/mol. The lowest BCUT2D eigenvalue weighted by atomic mass is 10.1. The van der Waals surface area contributed by atoms with Crippen molar-refractivity contribution in [2.24, 2.45) is 10.9 Å². The number of allylic oxidation sites excluding steroid dienone is 1. The zero-order valence-electron chi connectivity index (χ0n) is 19.0. The fourth-order valence-electron chi connectivity index (χ4n) is 2.48. The van der Waals surface area contributed by atoms with E-state index in [1.807, 2.05) is 26.1 Å². The highest BCUT2D eigenvalue weighted by atomic mass is 16.5. The number of rotatable bonds is 8. The first kappa shape index (κ1) is 25.8. The van der Waals surface area contributed by atoms with Gasteiger partial charge in [-0.05, 0) is 37.0 Å². The fraction of sp³-hybridized carbons (Fsp3) is 0.360. The van der Waals surface area contributed by atoms with Crippen LogP contribution in [0.3, 0.4) is 0 Å². The number of ketones is 1. The van der Waals surface area contributed by atoms with Crippen LogP contribution in [0.1, 0.15) is 45.2 Å². The number of nitrogens with zero attached hydrogens (tertiary/aromatic N) is 2. The molecule has 0 saturated heterocycles. The average Bonchev–Trinajstić information content (AvgIpc) is 2.80. The lowest BCUT2D eigenvalue weighted by Gasteiger charge is -2.05. The Morgan fingerprint density at radius 1 is 1.10 bits per heavy atom. The van der Waals surface area contributed by atoms with Gasteiger partial charge in [-0.15, -0.1) is 0 Å². The van der Waals surface area contributed by atoms with Crippen molar-refractivity contribution in [3.05, 3.63) is 81.9 Å². The highest BCUT2D eigenvalue weighted by molar-refractivity contribution is 6.28. The van der Waals surface area contributed by atoms with Crippen molar-refractivity contribution in [2.45, 2.75) is 47.1 Å². The summed E-state index contributed by atoms with van der Waals surface area (Å²) in [5.41, 5.74) is 2.67. The van der Waals surface area contributed by atoms with Crippen LogP contribution in [0.5, 0.6) is 0 Å². The molecule has 6 nitrogen and oxygen atoms in total. The maximum absolute atomic E-state index is 11.5. The van der Waals surface area contributed by atoms with Gasteiger partial charge in [0.1, 0.15) is 5.70 Å². The minimum Gasteiger partial charge on any atom is -0.464 e. The Morgan fingerprint density at radius 3 is 2.26 bits per heavy atom. The summed E-state index contributed by atoms with van der Waals surface area (Å²) < 4.78 is 6.20. The van der Waals surface area contributed by atoms with E-state index in [0.717, 1.165) is 18.4 Å². The van der Waals surface area contributed by atoms with Gasteiger partial charge in [-0.3, -0.25) is 9.59 Å². The second-order valence-electron chi connectivity index (χ2n) is 6.97. The molecule has 6 heteroatoms. The fourth-order valence-corrected chi connectivity index (χ4v) is 2.48. The van der Waals surface area contributed by atoms with Crippen LogP contribution in [0, 0.1) is 5.92 Å². The number of carbonyl (C=O) groups excluding carboxylic acids is 2. The van der Waals surface area contributed by atoms with Gasteiger partial charge in [0.25, 0.3) is 5.56 Å². The molecule has 2 rings (SSSR count). The van der Waals surface area contributed by atoms with Crippen molar-refractivity contribution in [1.29, 1.82) is 0 Å². The van der Waals surface area contributed by atoms with Crippen molar-refractivity contribution in [1.82, 2.24) is 4.57 Å². The summed E-state index contributed by atoms with van der Waals surface area (Å²) in [6, 6.07) is 13.6. The zero-order chi connectivity index (χ0) is 23.2. The van der Waals surface area contributed by atoms with E-state index >= 15 is 0 Å². The Hall–Kier alpha value is -3.28. The summed E-state index contributed by atoms with van der Waals surface area (Å²) >= 11 is 0. The van der Waals surface area contributed by atoms with Gasteiger partial charge in [0, 0.05) is 18.2 Å². The molecule has 0 fully saturated rings. The maximum atomic E-state index is 11.5. The molecule has 0 spiro atoms. The third-order valence-electron chi connectivity index (χ3n) is 4.78. The van der Waals surface area contributed by atoms with Gasteiger partial charge in [0.2, 0.25) is 0 Å². The molecular formula is C25H32N2O4. The molecule has 0 N–H and O–H groups in total. The van der Waals surface area contributed by atoms with Gasteiger partial charge in [-0.1, -0.05) is 57.2 Å². The largest absolute Gasteiger partial charge is 0.464 e. The summed E-state index contributed by atoms with van der Waals surface area (Å²) in [7, 11) is 1.28. The molecule has 0 aliphatic rings. The van der Waals surface area contributed by atoms with Gasteiger partial charge in [-0.2, -0.15) is 0 Å². The van der Waals surface area contributed by atoms with Crippen LogP contribution in [0.25, 0.3) is 0 Å². The molecule has 1 unspecified atom stereocenters. The molecule has 0 aliphatic heterocycles. The highest BCUT2D eigenvalue weighted by Gasteiger charge is 2.10. The smallest absolute Gasteiger partial charge is 0.356 e. The van der Waals surface area contributed by atoms with E-state index in [2.05, 4.69) is 40.9 Å². The first-order valence-electron chi connectivity index (χ1n) is 10.4. The molecule has 0 radical (unpaired) electrons. The minimum absolute atomic E-state index is 0.0436. The van der Waals surface area contributed by atoms with Gasteiger partial charge in [-0.25, -0.2) is 9.79 Å². The van der Waals surface area contributed by atoms with Gasteiger partial charge >= 0.3 is 5.97 Å². The standard InChI is InChI=1S/C14H15NO.C11H17NO3/c1-2-12-6-8-13(9-7-12)11-15-10-4-3-5-14(15)16;1-5-8(3)10(13)7-12-9(6-2)11(14)15-4/h3-10H,2,11H2,1H3;6-8H,5H2,1-4H3/b;9-6-,12-7?. The second kappa shape index (κ2) is 13.9. The molecule has 1 aromatic carbocycles. The van der Waals surface area contributed by atoms with Crippen LogP contribution >= 0.6 is 0 Å². The normalized spacial score (nSPS) is 12.1. The first-order valence-corrected chi connectivity index (χ1v) is 10.4. The maximum Gasteiger partial charge on any atom is 0.356 e. The number of hydrogen-bond acceptors (Lipinski definition) is 5. The summed E-state index contributed by atoms with van der Waals surface area (Å²) in [5, 5.41) is 0. The molecule has 31 heavy (non-hydrogen) atoms. The molecule has 0 aliphatic carbocycles. The number of ether oxygens (including phenoxy) is 1. The number of methoxy groups -OCH3 is 1. The molecule has 1 atom stereocenters. The Bertz CT molecular complexity index is 956. The number of aromatic nitrogens is 1. The number of aliphatic imine (C=N–C) groups is 1. The summed E-state index contributed by atoms with van der Waals surface area (Å²) in [6.07, 6.45) is 6.31. The number of aryl methyl sites for hydroxylation is 1. The van der Waals surface area contributed by atoms with Crippen LogP contribution in [0.15, 0.2) is 70.2 Å². The molecule has 0 amide bonds. The minimum atomic E-state index is -0.536. The van der Waals surface area contributed by atoms with E-state index in [0.29, 0.717) is 6.54 Å². The van der Waals surface area contributed by atoms with E-state index in [1.165, 1.54) is 25.0 Å². The number of esters is 1. The third kappa shape index (κ3) is 8.95. The molecule has 1 aromatic heterocycles. The lowest BCUT2D eigenvalue weighted by molar-refractivity contribution is -0.136. The zero-order valence-corrected chi connectivity index (χ0v) is 19.0. The van der Waals surface area contributed by atoms with Gasteiger partial charge in [0.15, 0.2) is 5.78 Å². The van der Waals surface area contributed by atoms with Crippen molar-refractivity contribution in [2.75, 3.05) is 7.11 Å². The van der Waals surface area contributed by atoms with E-state index in [1.54, 1.807) is 23.6 Å². The van der Waals surface area contributed by atoms with E-state index < -0.39 is 5.97 Å². The molecule has 166 valence electrons. The second-order valence-corrected chi connectivity index (χ2v) is 6.97. The Balaban J connectivity index is 0.000000311. The third-order valence-corrected chi connectivity index (χ3v) is 4.78. The molecule has 1 heterocycles. The summed E-state index contributed by atoms with van der Waals surface area (Å²) in [4.78, 5) is 37.8. The number of carbonyl (C=O) groups is 2. The summed E-state index contributed by atoms with van der Waals surface area (Å²) in [6.45, 7) is 8.19. The molecule has 0 bridgehead atoms. The predicted molar refractivity (Wildman–Crippen MR) is 124 cm³/mol. The molecular weight excluding hydrogens is 392 g/mol. The Morgan fingerprint density at radius 2 is 1.74 bits per heavy atom. The number of benzene rings is 1. The van der Waals surface area contributed by atoms with Crippen molar-refractivity contribution in [3.63, 3.8) is 0 Å². The van der Waals surface area contributed by atoms with Crippen LogP contribution < -0.4 is 5.56 Å². The lowest BCUT2D eigenvalue weighted by Crippen LogP contribution is -2.18.